The highest BCUT2D eigenvalue weighted by atomic mass is 16.7. The predicted molar refractivity (Wildman–Crippen MR) is 189 cm³/mol. The molecule has 0 aromatic rings. The van der Waals surface area contributed by atoms with Crippen LogP contribution in [-0.4, -0.2) is 143 Å². The molecule has 4 fully saturated rings. The summed E-state index contributed by atoms with van der Waals surface area (Å²) in [5, 5.41) is 45.6. The van der Waals surface area contributed by atoms with E-state index in [0.29, 0.717) is 25.7 Å². The van der Waals surface area contributed by atoms with E-state index in [-0.39, 0.29) is 24.5 Å². The van der Waals surface area contributed by atoms with Crippen molar-refractivity contribution in [1.82, 2.24) is 4.90 Å². The summed E-state index contributed by atoms with van der Waals surface area (Å²) in [7, 11) is 5.37. The van der Waals surface area contributed by atoms with Crippen LogP contribution in [0.3, 0.4) is 0 Å². The number of carbonyl (C=O) groups excluding carboxylic acids is 1. The van der Waals surface area contributed by atoms with Crippen molar-refractivity contribution >= 4 is 5.97 Å². The SMILES string of the molecule is CCC[C@@H](O)[C@@](C)(O)[C@@H]1OC(=O)[C@H](C)[C@@H](OC2CC(C)(OC)C(O)C(C)O2)[C@H](C)[C@@H](OC2OC(C)CC(N(C)C)C2O)C2(C)C[C@@H](C)[C@@H](O2)[C@@H]1C. The molecule has 4 saturated heterocycles. The average molecular weight is 732 g/mol. The Morgan fingerprint density at radius 1 is 1.02 bits per heavy atom. The number of aliphatic hydroxyl groups is 4. The highest BCUT2D eigenvalue weighted by Gasteiger charge is 2.59. The first kappa shape index (κ1) is 42.8. The third-order valence-electron chi connectivity index (χ3n) is 12.5. The van der Waals surface area contributed by atoms with Crippen LogP contribution in [0.4, 0.5) is 0 Å². The molecule has 0 amide bonds. The standard InChI is InChI=1S/C38H69NO12/c1-14-15-26(40)38(10,44)33-21(4)29-19(2)17-37(9,51-29)32(50-35-28(41)25(39(11)12)16-20(3)46-35)22(5)30(23(6)34(43)49-33)48-27-18-36(8,45-13)31(42)24(7)47-27/h19-33,35,40-42,44H,14-18H2,1-13H3/t19-,20?,21+,22+,23-,24?,25?,26-,27?,28?,29-,30+,31?,32-,33-,35?,36?,37?,38-/m1/s1. The molecule has 2 bridgehead atoms. The number of nitrogens with zero attached hydrogens (tertiary/aromatic N) is 1. The van der Waals surface area contributed by atoms with Gasteiger partial charge >= 0.3 is 5.97 Å². The van der Waals surface area contributed by atoms with Gasteiger partial charge in [-0.3, -0.25) is 4.79 Å². The summed E-state index contributed by atoms with van der Waals surface area (Å²) in [6, 6.07) is -0.213. The zero-order valence-electron chi connectivity index (χ0n) is 33.3. The minimum Gasteiger partial charge on any atom is -0.459 e. The zero-order valence-corrected chi connectivity index (χ0v) is 33.3. The van der Waals surface area contributed by atoms with Gasteiger partial charge in [0.25, 0.3) is 0 Å². The Kier molecular flexibility index (Phi) is 13.8. The number of rotatable bonds is 10. The van der Waals surface area contributed by atoms with Crippen LogP contribution in [0.2, 0.25) is 0 Å². The molecule has 4 aliphatic rings. The number of aliphatic hydroxyl groups excluding tert-OH is 3. The van der Waals surface area contributed by atoms with E-state index in [0.717, 1.165) is 0 Å². The van der Waals surface area contributed by atoms with Gasteiger partial charge in [0.05, 0.1) is 53.7 Å². The molecule has 9 unspecified atom stereocenters. The molecule has 51 heavy (non-hydrogen) atoms. The van der Waals surface area contributed by atoms with Crippen LogP contribution in [0.5, 0.6) is 0 Å². The van der Waals surface area contributed by atoms with E-state index in [9.17, 15) is 25.2 Å². The minimum atomic E-state index is -1.78. The van der Waals surface area contributed by atoms with E-state index in [1.54, 1.807) is 20.8 Å². The molecule has 0 spiro atoms. The number of esters is 1. The molecule has 19 atom stereocenters. The molecule has 13 nitrogen and oxygen atoms in total. The van der Waals surface area contributed by atoms with E-state index in [2.05, 4.69) is 6.92 Å². The van der Waals surface area contributed by atoms with Gasteiger partial charge < -0.3 is 58.5 Å². The maximum absolute atomic E-state index is 14.3. The number of hydrogen-bond acceptors (Lipinski definition) is 13. The Bertz CT molecular complexity index is 1160. The largest absolute Gasteiger partial charge is 0.459 e. The van der Waals surface area contributed by atoms with Crippen molar-refractivity contribution < 1.29 is 58.4 Å². The van der Waals surface area contributed by atoms with Crippen molar-refractivity contribution in [3.63, 3.8) is 0 Å². The van der Waals surface area contributed by atoms with Crippen LogP contribution in [-0.2, 0) is 38.0 Å². The Morgan fingerprint density at radius 2 is 1.67 bits per heavy atom. The van der Waals surface area contributed by atoms with Crippen LogP contribution in [0.1, 0.15) is 101 Å². The molecule has 4 N–H and O–H groups in total. The molecule has 4 heterocycles. The van der Waals surface area contributed by atoms with E-state index < -0.39 is 102 Å². The molecule has 298 valence electrons. The number of cyclic esters (lactones) is 1. The first-order valence-electron chi connectivity index (χ1n) is 19.1. The average Bonchev–Trinajstić information content (AvgIpc) is 3.37. The minimum absolute atomic E-state index is 0.0584. The summed E-state index contributed by atoms with van der Waals surface area (Å²) < 4.78 is 45.2. The van der Waals surface area contributed by atoms with Crippen molar-refractivity contribution in [3.8, 4) is 0 Å². The third-order valence-corrected chi connectivity index (χ3v) is 12.5. The Morgan fingerprint density at radius 3 is 2.25 bits per heavy atom. The van der Waals surface area contributed by atoms with E-state index in [1.165, 1.54) is 14.0 Å². The van der Waals surface area contributed by atoms with Crippen molar-refractivity contribution in [2.75, 3.05) is 21.2 Å². The predicted octanol–water partition coefficient (Wildman–Crippen LogP) is 3.01. The Labute approximate surface area is 305 Å². The highest BCUT2D eigenvalue weighted by molar-refractivity contribution is 5.73. The second-order valence-electron chi connectivity index (χ2n) is 17.1. The molecule has 0 aliphatic carbocycles. The van der Waals surface area contributed by atoms with Gasteiger partial charge in [-0.05, 0) is 80.8 Å². The molecule has 4 aliphatic heterocycles. The quantitative estimate of drug-likeness (QED) is 0.243. The van der Waals surface area contributed by atoms with Gasteiger partial charge in [-0.25, -0.2) is 0 Å². The second-order valence-corrected chi connectivity index (χ2v) is 17.1. The topological polar surface area (TPSA) is 166 Å². The summed E-state index contributed by atoms with van der Waals surface area (Å²) in [6.07, 6.45) is -6.65. The van der Waals surface area contributed by atoms with Gasteiger partial charge in [0.1, 0.15) is 23.9 Å². The van der Waals surface area contributed by atoms with Gasteiger partial charge in [-0.1, -0.05) is 34.1 Å². The lowest BCUT2D eigenvalue weighted by atomic mass is 9.75. The molecule has 0 aromatic carbocycles. The van der Waals surface area contributed by atoms with Crippen LogP contribution >= 0.6 is 0 Å². The van der Waals surface area contributed by atoms with Crippen LogP contribution in [0.25, 0.3) is 0 Å². The van der Waals surface area contributed by atoms with Gasteiger partial charge in [-0.15, -0.1) is 0 Å². The zero-order chi connectivity index (χ0) is 38.4. The smallest absolute Gasteiger partial charge is 0.311 e. The monoisotopic (exact) mass is 731 g/mol. The lowest BCUT2D eigenvalue weighted by Crippen LogP contribution is -2.60. The first-order chi connectivity index (χ1) is 23.6. The van der Waals surface area contributed by atoms with Crippen molar-refractivity contribution in [2.24, 2.45) is 23.7 Å². The molecular weight excluding hydrogens is 662 g/mol. The molecular formula is C38H69NO12. The second kappa shape index (κ2) is 16.4. The number of methoxy groups -OCH3 is 1. The third kappa shape index (κ3) is 8.64. The van der Waals surface area contributed by atoms with Gasteiger partial charge in [-0.2, -0.15) is 0 Å². The Hall–Kier alpha value is -0.970. The highest BCUT2D eigenvalue weighted by Crippen LogP contribution is 2.48. The van der Waals surface area contributed by atoms with Crippen molar-refractivity contribution in [2.45, 2.75) is 192 Å². The molecule has 4 rings (SSSR count). The van der Waals surface area contributed by atoms with E-state index in [1.807, 2.05) is 53.6 Å². The lowest BCUT2D eigenvalue weighted by Gasteiger charge is -2.48. The van der Waals surface area contributed by atoms with E-state index >= 15 is 0 Å². The van der Waals surface area contributed by atoms with Gasteiger partial charge in [0.2, 0.25) is 0 Å². The Balaban J connectivity index is 1.82. The molecule has 0 aromatic heterocycles. The summed E-state index contributed by atoms with van der Waals surface area (Å²) in [5.74, 6) is -2.67. The van der Waals surface area contributed by atoms with Gasteiger partial charge in [0.15, 0.2) is 12.6 Å². The van der Waals surface area contributed by atoms with Gasteiger partial charge in [0, 0.05) is 31.4 Å². The maximum atomic E-state index is 14.3. The summed E-state index contributed by atoms with van der Waals surface area (Å²) >= 11 is 0. The van der Waals surface area contributed by atoms with Crippen molar-refractivity contribution in [1.29, 1.82) is 0 Å². The summed E-state index contributed by atoms with van der Waals surface area (Å²) in [6.45, 7) is 18.5. The summed E-state index contributed by atoms with van der Waals surface area (Å²) in [5.41, 5.74) is -3.72. The van der Waals surface area contributed by atoms with Crippen LogP contribution in [0, 0.1) is 23.7 Å². The van der Waals surface area contributed by atoms with E-state index in [4.69, 9.17) is 33.2 Å². The number of ether oxygens (including phenoxy) is 7. The fourth-order valence-electron chi connectivity index (χ4n) is 9.35. The fraction of sp³-hybridized carbons (Fsp3) is 0.974. The molecule has 0 radical (unpaired) electrons. The molecule has 13 heteroatoms. The number of hydrogen-bond donors (Lipinski definition) is 4. The summed E-state index contributed by atoms with van der Waals surface area (Å²) in [4.78, 5) is 16.3. The van der Waals surface area contributed by atoms with Crippen LogP contribution < -0.4 is 0 Å². The van der Waals surface area contributed by atoms with Crippen molar-refractivity contribution in [3.05, 3.63) is 0 Å². The number of fused-ring (bicyclic) bond motifs is 2. The normalized spacial score (nSPS) is 48.8. The van der Waals surface area contributed by atoms with Crippen LogP contribution in [0.15, 0.2) is 0 Å². The fourth-order valence-corrected chi connectivity index (χ4v) is 9.35. The lowest BCUT2D eigenvalue weighted by molar-refractivity contribution is -0.318. The number of carbonyl (C=O) groups is 1. The molecule has 0 saturated carbocycles. The maximum Gasteiger partial charge on any atom is 0.311 e. The first-order valence-corrected chi connectivity index (χ1v) is 19.1. The number of likely N-dealkylation sites (N-methyl/N-ethyl adjacent to an activating group) is 1.